The first-order chi connectivity index (χ1) is 17.3. The molecule has 0 saturated carbocycles. The average Bonchev–Trinajstić information content (AvgIpc) is 2.88. The monoisotopic (exact) mass is 534 g/mol. The van der Waals surface area contributed by atoms with Crippen LogP contribution in [0, 0.1) is 5.41 Å². The van der Waals surface area contributed by atoms with Gasteiger partial charge in [0.25, 0.3) is 0 Å². The van der Waals surface area contributed by atoms with Crippen molar-refractivity contribution in [1.82, 2.24) is 0 Å². The van der Waals surface area contributed by atoms with Crippen LogP contribution in [0.4, 0.5) is 0 Å². The second kappa shape index (κ2) is 13.1. The van der Waals surface area contributed by atoms with Crippen molar-refractivity contribution >= 4 is 38.1 Å². The van der Waals surface area contributed by atoms with Gasteiger partial charge >= 0.3 is 16.5 Å². The van der Waals surface area contributed by atoms with Gasteiger partial charge in [-0.25, -0.2) is 4.31 Å². The van der Waals surface area contributed by atoms with Crippen molar-refractivity contribution in [2.24, 2.45) is 5.41 Å². The second-order valence-corrected chi connectivity index (χ2v) is 9.89. The Morgan fingerprint density at radius 3 is 1.67 bits per heavy atom. The normalized spacial score (nSPS) is 14.0. The lowest BCUT2D eigenvalue weighted by atomic mass is 9.79. The first-order valence-electron chi connectivity index (χ1n) is 10.9. The molecule has 5 N–H and O–H groups in total. The van der Waals surface area contributed by atoms with Gasteiger partial charge in [-0.05, 0) is 22.2 Å². The molecule has 3 atom stereocenters. The number of benzene rings is 4. The van der Waals surface area contributed by atoms with E-state index in [2.05, 4.69) is 4.31 Å². The van der Waals surface area contributed by atoms with Crippen LogP contribution in [0.15, 0.2) is 84.9 Å². The third kappa shape index (κ3) is 6.59. The molecule has 4 rings (SSSR count). The Morgan fingerprint density at radius 1 is 0.667 bits per heavy atom. The zero-order chi connectivity index (χ0) is 26.1. The van der Waals surface area contributed by atoms with Gasteiger partial charge in [0, 0.05) is 10.9 Å². The van der Waals surface area contributed by atoms with E-state index in [1.807, 2.05) is 84.9 Å². The lowest BCUT2D eigenvalue weighted by Crippen LogP contribution is -2.42. The van der Waals surface area contributed by atoms with Crippen LogP contribution in [0.5, 0.6) is 5.75 Å². The van der Waals surface area contributed by atoms with E-state index in [-0.39, 0.29) is 0 Å². The maximum Gasteiger partial charge on any atom is 0.323 e. The van der Waals surface area contributed by atoms with Gasteiger partial charge in [0.05, 0.1) is 25.2 Å². The van der Waals surface area contributed by atoms with Crippen LogP contribution in [0.2, 0.25) is 0 Å². The molecule has 0 bridgehead atoms. The van der Waals surface area contributed by atoms with Gasteiger partial charge in [-0.1, -0.05) is 78.9 Å². The van der Waals surface area contributed by atoms with Crippen molar-refractivity contribution in [3.8, 4) is 5.75 Å². The lowest BCUT2D eigenvalue weighted by Gasteiger charge is -2.37. The first kappa shape index (κ1) is 28.0. The van der Waals surface area contributed by atoms with Crippen molar-refractivity contribution in [2.75, 3.05) is 19.8 Å². The topological polar surface area (TPSA) is 154 Å². The molecule has 4 aromatic rings. The molecule has 9 nitrogen and oxygen atoms in total. The molecular formula is C25H28O9P2. The van der Waals surface area contributed by atoms with Crippen molar-refractivity contribution in [1.29, 1.82) is 0 Å². The maximum atomic E-state index is 10.2. The van der Waals surface area contributed by atoms with Crippen molar-refractivity contribution in [3.63, 3.8) is 0 Å². The van der Waals surface area contributed by atoms with Gasteiger partial charge in [-0.3, -0.25) is 9.13 Å². The highest BCUT2D eigenvalue weighted by molar-refractivity contribution is 7.46. The van der Waals surface area contributed by atoms with Gasteiger partial charge in [-0.15, -0.1) is 0 Å². The van der Waals surface area contributed by atoms with E-state index in [4.69, 9.17) is 14.5 Å². The summed E-state index contributed by atoms with van der Waals surface area (Å²) in [6.07, 6.45) is -0.751. The zero-order valence-corrected chi connectivity index (χ0v) is 21.2. The number of ether oxygens (including phenoxy) is 1. The number of hydrogen-bond donors (Lipinski definition) is 5. The molecule has 11 heteroatoms. The number of aliphatic hydroxyl groups excluding tert-OH is 3. The van der Waals surface area contributed by atoms with Crippen LogP contribution in [0.1, 0.15) is 11.7 Å². The van der Waals surface area contributed by atoms with E-state index in [0.717, 1.165) is 27.1 Å². The Balaban J connectivity index is 0.000000454. The Kier molecular flexibility index (Phi) is 10.2. The molecule has 0 spiro atoms. The van der Waals surface area contributed by atoms with Crippen LogP contribution >= 0.6 is 16.5 Å². The van der Waals surface area contributed by atoms with E-state index in [1.165, 1.54) is 0 Å². The Hall–Kier alpha value is -2.58. The van der Waals surface area contributed by atoms with E-state index in [1.54, 1.807) is 0 Å². The molecule has 4 aromatic carbocycles. The summed E-state index contributed by atoms with van der Waals surface area (Å²) >= 11 is 0. The molecule has 3 unspecified atom stereocenters. The van der Waals surface area contributed by atoms with E-state index < -0.39 is 47.8 Å². The molecule has 0 heterocycles. The molecule has 0 radical (unpaired) electrons. The molecule has 0 amide bonds. The van der Waals surface area contributed by atoms with Gasteiger partial charge < -0.3 is 29.8 Å². The van der Waals surface area contributed by atoms with E-state index in [0.29, 0.717) is 5.75 Å². The van der Waals surface area contributed by atoms with E-state index >= 15 is 0 Å². The van der Waals surface area contributed by atoms with Crippen molar-refractivity contribution < 1.29 is 43.3 Å². The largest absolute Gasteiger partial charge is 0.484 e. The second-order valence-electron chi connectivity index (χ2n) is 8.01. The van der Waals surface area contributed by atoms with Crippen LogP contribution in [-0.2, 0) is 13.4 Å². The molecule has 0 saturated heterocycles. The molecule has 0 aliphatic heterocycles. The summed E-state index contributed by atoms with van der Waals surface area (Å²) in [6.45, 7) is -1.25. The first-order valence-corrected chi connectivity index (χ1v) is 13.5. The molecule has 0 aliphatic carbocycles. The Morgan fingerprint density at radius 2 is 1.14 bits per heavy atom. The van der Waals surface area contributed by atoms with Gasteiger partial charge in [-0.2, -0.15) is 0 Å². The minimum Gasteiger partial charge on any atom is -0.484 e. The zero-order valence-electron chi connectivity index (χ0n) is 19.2. The predicted molar refractivity (Wildman–Crippen MR) is 138 cm³/mol. The summed E-state index contributed by atoms with van der Waals surface area (Å²) < 4.78 is 28.8. The lowest BCUT2D eigenvalue weighted by molar-refractivity contribution is -0.0732. The van der Waals surface area contributed by atoms with Gasteiger partial charge in [0.15, 0.2) is 0 Å². The molecule has 36 heavy (non-hydrogen) atoms. The summed E-state index contributed by atoms with van der Waals surface area (Å²) in [6, 6.07) is 27.4. The van der Waals surface area contributed by atoms with Crippen molar-refractivity contribution in [3.05, 3.63) is 90.5 Å². The summed E-state index contributed by atoms with van der Waals surface area (Å²) in [5, 5.41) is 34.5. The maximum absolute atomic E-state index is 10.2. The minimum absolute atomic E-state index is 0.418. The van der Waals surface area contributed by atoms with Crippen LogP contribution in [-0.4, -0.2) is 44.9 Å². The predicted octanol–water partition coefficient (Wildman–Crippen LogP) is 3.84. The molecule has 0 aromatic heterocycles. The number of aliphatic hydroxyl groups is 3. The smallest absolute Gasteiger partial charge is 0.323 e. The highest BCUT2D eigenvalue weighted by Crippen LogP contribution is 2.41. The summed E-state index contributed by atoms with van der Waals surface area (Å²) in [5.41, 5.74) is -0.436. The van der Waals surface area contributed by atoms with Crippen LogP contribution in [0.25, 0.3) is 21.5 Å². The fraction of sp³-hybridized carbons (Fsp3) is 0.200. The van der Waals surface area contributed by atoms with Gasteiger partial charge in [0.2, 0.25) is 0 Å². The fourth-order valence-corrected chi connectivity index (χ4v) is 4.49. The summed E-state index contributed by atoms with van der Waals surface area (Å²) in [7, 11) is -6.40. The fourth-order valence-electron chi connectivity index (χ4n) is 3.90. The number of rotatable bonds is 9. The SMILES string of the molecule is O=[PH](O)O[PH](=O)O.OCC(CO)(CO)C(Oc1cccc2ccccc12)c1cccc2ccccc12. The Labute approximate surface area is 209 Å². The number of hydrogen-bond acceptors (Lipinski definition) is 7. The molecule has 0 fully saturated rings. The Bertz CT molecular complexity index is 1310. The molecule has 192 valence electrons. The van der Waals surface area contributed by atoms with Crippen LogP contribution < -0.4 is 4.74 Å². The minimum atomic E-state index is -3.20. The summed E-state index contributed by atoms with van der Waals surface area (Å²) in [4.78, 5) is 15.4. The van der Waals surface area contributed by atoms with Gasteiger partial charge in [0.1, 0.15) is 11.9 Å². The average molecular weight is 534 g/mol. The number of fused-ring (bicyclic) bond motifs is 2. The third-order valence-corrected chi connectivity index (χ3v) is 7.17. The van der Waals surface area contributed by atoms with Crippen LogP contribution in [0.3, 0.4) is 0 Å². The molecule has 0 aliphatic rings. The van der Waals surface area contributed by atoms with Crippen molar-refractivity contribution in [2.45, 2.75) is 6.10 Å². The molecular weight excluding hydrogens is 506 g/mol. The van der Waals surface area contributed by atoms with E-state index in [9.17, 15) is 24.4 Å². The summed E-state index contributed by atoms with van der Waals surface area (Å²) in [5.74, 6) is 0.640. The quantitative estimate of drug-likeness (QED) is 0.202. The standard InChI is InChI=1S/C25H24O4.H4O5P2/c26-15-25(16-27,17-28)24(22-13-5-9-18-7-1-3-11-20(18)22)29-23-14-6-10-19-8-2-4-12-21(19)23;1-6(2)5-7(3)4/h1-14,24,26-28H,15-17H2;6-7H,(H,1,2)(H,3,4). The highest BCUT2D eigenvalue weighted by Gasteiger charge is 2.41. The third-order valence-electron chi connectivity index (χ3n) is 5.78. The highest BCUT2D eigenvalue weighted by atomic mass is 31.2.